The van der Waals surface area contributed by atoms with Gasteiger partial charge in [-0.2, -0.15) is 0 Å². The third kappa shape index (κ3) is 4.69. The number of amides is 1. The molecule has 0 radical (unpaired) electrons. The molecule has 94 valence electrons. The van der Waals surface area contributed by atoms with E-state index in [1.165, 1.54) is 20.1 Å². The van der Waals surface area contributed by atoms with Crippen LogP contribution >= 0.6 is 0 Å². The zero-order valence-electron chi connectivity index (χ0n) is 10.0. The van der Waals surface area contributed by atoms with Gasteiger partial charge in [0.25, 0.3) is 5.56 Å². The molecule has 6 heteroatoms. The van der Waals surface area contributed by atoms with Crippen LogP contribution in [0, 0.1) is 0 Å². The molecule has 1 rings (SSSR count). The van der Waals surface area contributed by atoms with Crippen molar-refractivity contribution in [1.82, 2.24) is 15.6 Å². The highest BCUT2D eigenvalue weighted by molar-refractivity contribution is 5.72. The number of rotatable bonds is 6. The summed E-state index contributed by atoms with van der Waals surface area (Å²) in [6.07, 6.45) is 0. The molecule has 1 aromatic rings. The Labute approximate surface area is 99.4 Å². The number of carbonyl (C=O) groups is 1. The van der Waals surface area contributed by atoms with Crippen LogP contribution in [0.15, 0.2) is 16.9 Å². The van der Waals surface area contributed by atoms with Crippen molar-refractivity contribution in [2.75, 3.05) is 20.2 Å². The fourth-order valence-corrected chi connectivity index (χ4v) is 1.36. The van der Waals surface area contributed by atoms with Gasteiger partial charge in [-0.05, 0) is 6.07 Å². The second-order valence-electron chi connectivity index (χ2n) is 3.54. The summed E-state index contributed by atoms with van der Waals surface area (Å²) in [5.41, 5.74) is 0.679. The lowest BCUT2D eigenvalue weighted by Crippen LogP contribution is -2.30. The number of aromatic amines is 1. The van der Waals surface area contributed by atoms with E-state index in [9.17, 15) is 9.59 Å². The Morgan fingerprint density at radius 1 is 1.41 bits per heavy atom. The molecule has 17 heavy (non-hydrogen) atoms. The van der Waals surface area contributed by atoms with Gasteiger partial charge in [0, 0.05) is 38.2 Å². The van der Waals surface area contributed by atoms with Crippen molar-refractivity contribution in [2.24, 2.45) is 0 Å². The summed E-state index contributed by atoms with van der Waals surface area (Å²) >= 11 is 0. The standard InChI is InChI=1S/C11H17N3O3/c1-8(15)13-6-5-12-7-9-3-4-10(16)14-11(9)17-2/h3-4,12H,5-7H2,1-2H3,(H,13,15)(H,14,16). The predicted octanol–water partition coefficient (Wildman–Crippen LogP) is -0.391. The van der Waals surface area contributed by atoms with Crippen LogP contribution < -0.4 is 20.9 Å². The topological polar surface area (TPSA) is 83.2 Å². The third-order valence-corrected chi connectivity index (χ3v) is 2.16. The van der Waals surface area contributed by atoms with Crippen molar-refractivity contribution in [3.63, 3.8) is 0 Å². The number of nitrogens with one attached hydrogen (secondary N) is 3. The lowest BCUT2D eigenvalue weighted by atomic mass is 10.2. The summed E-state index contributed by atoms with van der Waals surface area (Å²) in [5.74, 6) is 0.415. The van der Waals surface area contributed by atoms with Gasteiger partial charge in [0.05, 0.1) is 7.11 Å². The van der Waals surface area contributed by atoms with Crippen LogP contribution in [0.1, 0.15) is 12.5 Å². The fraction of sp³-hybridized carbons (Fsp3) is 0.455. The number of H-pyrrole nitrogens is 1. The molecule has 0 aliphatic rings. The average molecular weight is 239 g/mol. The van der Waals surface area contributed by atoms with E-state index in [1.54, 1.807) is 6.07 Å². The lowest BCUT2D eigenvalue weighted by Gasteiger charge is -2.08. The number of methoxy groups -OCH3 is 1. The molecule has 0 aliphatic heterocycles. The first kappa shape index (κ1) is 13.2. The maximum atomic E-state index is 11.0. The van der Waals surface area contributed by atoms with Gasteiger partial charge in [-0.15, -0.1) is 0 Å². The molecule has 1 heterocycles. The van der Waals surface area contributed by atoms with E-state index in [1.807, 2.05) is 0 Å². The molecule has 0 aromatic carbocycles. The first-order valence-electron chi connectivity index (χ1n) is 5.35. The van der Waals surface area contributed by atoms with Crippen LogP contribution in [0.5, 0.6) is 5.88 Å². The molecule has 0 saturated heterocycles. The van der Waals surface area contributed by atoms with E-state index in [0.717, 1.165) is 5.56 Å². The van der Waals surface area contributed by atoms with Crippen molar-refractivity contribution in [1.29, 1.82) is 0 Å². The Bertz CT molecular complexity index is 428. The Morgan fingerprint density at radius 2 is 2.18 bits per heavy atom. The Morgan fingerprint density at radius 3 is 2.82 bits per heavy atom. The second kappa shape index (κ2) is 6.70. The van der Waals surface area contributed by atoms with Gasteiger partial charge in [-0.25, -0.2) is 0 Å². The Hall–Kier alpha value is -1.82. The lowest BCUT2D eigenvalue weighted by molar-refractivity contribution is -0.118. The van der Waals surface area contributed by atoms with E-state index in [-0.39, 0.29) is 11.5 Å². The zero-order valence-corrected chi connectivity index (χ0v) is 10.0. The SMILES string of the molecule is COc1[nH]c(=O)ccc1CNCCNC(C)=O. The van der Waals surface area contributed by atoms with Gasteiger partial charge in [-0.3, -0.25) is 14.6 Å². The largest absolute Gasteiger partial charge is 0.482 e. The van der Waals surface area contributed by atoms with Gasteiger partial charge in [0.2, 0.25) is 5.91 Å². The van der Waals surface area contributed by atoms with E-state index >= 15 is 0 Å². The summed E-state index contributed by atoms with van der Waals surface area (Å²) in [7, 11) is 1.51. The van der Waals surface area contributed by atoms with Gasteiger partial charge < -0.3 is 15.4 Å². The zero-order chi connectivity index (χ0) is 12.7. The number of hydrogen-bond acceptors (Lipinski definition) is 4. The molecule has 0 fully saturated rings. The minimum Gasteiger partial charge on any atom is -0.482 e. The first-order chi connectivity index (χ1) is 8.13. The van der Waals surface area contributed by atoms with Gasteiger partial charge >= 0.3 is 0 Å². The summed E-state index contributed by atoms with van der Waals surface area (Å²) in [4.78, 5) is 24.3. The second-order valence-corrected chi connectivity index (χ2v) is 3.54. The highest BCUT2D eigenvalue weighted by atomic mass is 16.5. The number of aromatic nitrogens is 1. The quantitative estimate of drug-likeness (QED) is 0.590. The van der Waals surface area contributed by atoms with Gasteiger partial charge in [0.15, 0.2) is 5.88 Å². The molecular weight excluding hydrogens is 222 g/mol. The molecule has 0 bridgehead atoms. The van der Waals surface area contributed by atoms with Crippen LogP contribution in [0.25, 0.3) is 0 Å². The Kier molecular flexibility index (Phi) is 5.22. The third-order valence-electron chi connectivity index (χ3n) is 2.16. The highest BCUT2D eigenvalue weighted by Gasteiger charge is 2.02. The summed E-state index contributed by atoms with van der Waals surface area (Å²) in [5, 5.41) is 5.81. The smallest absolute Gasteiger partial charge is 0.250 e. The molecule has 0 unspecified atom stereocenters. The van der Waals surface area contributed by atoms with Crippen molar-refractivity contribution < 1.29 is 9.53 Å². The van der Waals surface area contributed by atoms with E-state index in [0.29, 0.717) is 25.5 Å². The van der Waals surface area contributed by atoms with E-state index in [4.69, 9.17) is 4.74 Å². The highest BCUT2D eigenvalue weighted by Crippen LogP contribution is 2.10. The molecule has 1 aromatic heterocycles. The van der Waals surface area contributed by atoms with Crippen LogP contribution in [-0.4, -0.2) is 31.1 Å². The van der Waals surface area contributed by atoms with Crippen molar-refractivity contribution in [3.05, 3.63) is 28.0 Å². The maximum absolute atomic E-state index is 11.0. The van der Waals surface area contributed by atoms with Gasteiger partial charge in [0.1, 0.15) is 0 Å². The van der Waals surface area contributed by atoms with E-state index in [2.05, 4.69) is 15.6 Å². The number of carbonyl (C=O) groups excluding carboxylic acids is 1. The van der Waals surface area contributed by atoms with Crippen molar-refractivity contribution in [2.45, 2.75) is 13.5 Å². The normalized spacial score (nSPS) is 10.0. The number of ether oxygens (including phenoxy) is 1. The molecule has 1 amide bonds. The van der Waals surface area contributed by atoms with Crippen molar-refractivity contribution in [3.8, 4) is 5.88 Å². The van der Waals surface area contributed by atoms with Crippen LogP contribution in [-0.2, 0) is 11.3 Å². The molecule has 0 atom stereocenters. The molecular formula is C11H17N3O3. The monoisotopic (exact) mass is 239 g/mol. The summed E-state index contributed by atoms with van der Waals surface area (Å²) in [6.45, 7) is 3.27. The van der Waals surface area contributed by atoms with Gasteiger partial charge in [-0.1, -0.05) is 0 Å². The van der Waals surface area contributed by atoms with Crippen LogP contribution in [0.3, 0.4) is 0 Å². The fourth-order valence-electron chi connectivity index (χ4n) is 1.36. The molecule has 0 spiro atoms. The summed E-state index contributed by atoms with van der Waals surface area (Å²) in [6, 6.07) is 3.16. The van der Waals surface area contributed by atoms with Crippen LogP contribution in [0.2, 0.25) is 0 Å². The molecule has 6 nitrogen and oxygen atoms in total. The minimum atomic E-state index is -0.191. The van der Waals surface area contributed by atoms with E-state index < -0.39 is 0 Å². The predicted molar refractivity (Wildman–Crippen MR) is 64.0 cm³/mol. The minimum absolute atomic E-state index is 0.0478. The maximum Gasteiger partial charge on any atom is 0.250 e. The molecule has 3 N–H and O–H groups in total. The number of pyridine rings is 1. The average Bonchev–Trinajstić information content (AvgIpc) is 2.29. The molecule has 0 saturated carbocycles. The first-order valence-corrected chi connectivity index (χ1v) is 5.35. The Balaban J connectivity index is 2.41. The van der Waals surface area contributed by atoms with Crippen molar-refractivity contribution >= 4 is 5.91 Å². The molecule has 0 aliphatic carbocycles. The summed E-state index contributed by atoms with van der Waals surface area (Å²) < 4.78 is 5.06. The van der Waals surface area contributed by atoms with Crippen LogP contribution in [0.4, 0.5) is 0 Å². The number of hydrogen-bond donors (Lipinski definition) is 3.